The van der Waals surface area contributed by atoms with Crippen LogP contribution in [-0.2, 0) is 19.7 Å². The van der Waals surface area contributed by atoms with Crippen LogP contribution in [0, 0.1) is 5.82 Å². The molecule has 0 aliphatic carbocycles. The highest BCUT2D eigenvalue weighted by molar-refractivity contribution is 7.89. The van der Waals surface area contributed by atoms with Crippen LogP contribution in [0.4, 0.5) is 4.39 Å². The highest BCUT2D eigenvalue weighted by atomic mass is 35.5. The maximum absolute atomic E-state index is 14.1. The van der Waals surface area contributed by atoms with Gasteiger partial charge in [0.25, 0.3) is 0 Å². The molecule has 3 N–H and O–H groups in total. The quantitative estimate of drug-likeness (QED) is 0.782. The molecule has 1 heterocycles. The number of carboxylic acid groups (broad SMARTS) is 1. The third kappa shape index (κ3) is 3.95. The highest BCUT2D eigenvalue weighted by Gasteiger charge is 2.30. The Morgan fingerprint density at radius 3 is 2.56 bits per heavy atom. The van der Waals surface area contributed by atoms with Gasteiger partial charge < -0.3 is 9.94 Å². The summed E-state index contributed by atoms with van der Waals surface area (Å²) < 4.78 is 37.0. The number of carboxylic acids is 1. The van der Waals surface area contributed by atoms with Gasteiger partial charge in [0.1, 0.15) is 12.4 Å². The summed E-state index contributed by atoms with van der Waals surface area (Å²) in [5, 5.41) is 17.7. The van der Waals surface area contributed by atoms with Crippen LogP contribution in [0.25, 0.3) is 11.1 Å². The van der Waals surface area contributed by atoms with Gasteiger partial charge in [-0.05, 0) is 29.3 Å². The van der Waals surface area contributed by atoms with Gasteiger partial charge in [0.05, 0.1) is 28.0 Å². The molecule has 0 radical (unpaired) electrons. The molecule has 0 saturated carbocycles. The average molecular weight is 413 g/mol. The number of primary sulfonamides is 1. The lowest BCUT2D eigenvalue weighted by molar-refractivity contribution is -0.135. The second-order valence-electron chi connectivity index (χ2n) is 5.90. The van der Waals surface area contributed by atoms with Crippen LogP contribution >= 0.6 is 11.6 Å². The summed E-state index contributed by atoms with van der Waals surface area (Å²) in [4.78, 5) is 16.0. The fraction of sp³-hybridized carbons (Fsp3) is 0.176. The smallest absolute Gasteiger partial charge is 0.309 e. The van der Waals surface area contributed by atoms with Gasteiger partial charge in [0.15, 0.2) is 0 Å². The van der Waals surface area contributed by atoms with Crippen molar-refractivity contribution in [3.8, 4) is 11.1 Å². The Labute approximate surface area is 159 Å². The van der Waals surface area contributed by atoms with Crippen LogP contribution in [0.15, 0.2) is 46.4 Å². The first-order valence-corrected chi connectivity index (χ1v) is 9.62. The van der Waals surface area contributed by atoms with Crippen molar-refractivity contribution in [3.05, 3.63) is 52.8 Å². The van der Waals surface area contributed by atoms with Gasteiger partial charge in [-0.25, -0.2) is 17.9 Å². The van der Waals surface area contributed by atoms with Crippen molar-refractivity contribution in [2.45, 2.75) is 17.2 Å². The number of halogens is 2. The Bertz CT molecular complexity index is 1040. The normalized spacial score (nSPS) is 16.7. The van der Waals surface area contributed by atoms with Gasteiger partial charge in [-0.3, -0.25) is 4.79 Å². The SMILES string of the molecule is NS(=O)(=O)c1ccc(-c2c(C3CON=C3CC(=O)O)ccc(F)c2Cl)cc1. The van der Waals surface area contributed by atoms with Crippen LogP contribution < -0.4 is 5.14 Å². The molecule has 142 valence electrons. The van der Waals surface area contributed by atoms with E-state index in [4.69, 9.17) is 26.7 Å². The molecule has 7 nitrogen and oxygen atoms in total. The van der Waals surface area contributed by atoms with Crippen molar-refractivity contribution in [1.82, 2.24) is 0 Å². The zero-order chi connectivity index (χ0) is 19.8. The van der Waals surface area contributed by atoms with Crippen molar-refractivity contribution >= 4 is 33.3 Å². The maximum Gasteiger partial charge on any atom is 0.309 e. The molecule has 2 aromatic rings. The van der Waals surface area contributed by atoms with E-state index in [-0.39, 0.29) is 28.7 Å². The number of nitrogens with zero attached hydrogens (tertiary/aromatic N) is 1. The lowest BCUT2D eigenvalue weighted by atomic mass is 9.87. The number of aliphatic carboxylic acids is 1. The summed E-state index contributed by atoms with van der Waals surface area (Å²) in [6.07, 6.45) is -0.330. The first kappa shape index (κ1) is 19.3. The lowest BCUT2D eigenvalue weighted by Gasteiger charge is -2.17. The number of sulfonamides is 1. The molecule has 2 aromatic carbocycles. The molecule has 27 heavy (non-hydrogen) atoms. The molecule has 1 atom stereocenters. The monoisotopic (exact) mass is 412 g/mol. The molecule has 0 amide bonds. The molecular formula is C17H14ClFN2O5S. The van der Waals surface area contributed by atoms with Gasteiger partial charge in [-0.1, -0.05) is 35.0 Å². The number of benzene rings is 2. The van der Waals surface area contributed by atoms with E-state index in [1.54, 1.807) is 0 Å². The third-order valence-corrected chi connectivity index (χ3v) is 5.43. The maximum atomic E-state index is 14.1. The standard InChI is InChI=1S/C17H14ClFN2O5S/c18-17-13(19)6-5-11(12-8-26-21-14(12)7-15(22)23)16(17)9-1-3-10(4-2-9)27(20,24)25/h1-6,12H,7-8H2,(H,22,23)(H2,20,24,25). The first-order chi connectivity index (χ1) is 12.7. The second-order valence-corrected chi connectivity index (χ2v) is 7.84. The molecule has 0 bridgehead atoms. The van der Waals surface area contributed by atoms with Crippen LogP contribution in [0.2, 0.25) is 5.02 Å². The summed E-state index contributed by atoms with van der Waals surface area (Å²) in [6, 6.07) is 8.14. The third-order valence-electron chi connectivity index (χ3n) is 4.13. The summed E-state index contributed by atoms with van der Waals surface area (Å²) >= 11 is 6.18. The van der Waals surface area contributed by atoms with Gasteiger partial charge in [0.2, 0.25) is 10.0 Å². The molecule has 0 aromatic heterocycles. The van der Waals surface area contributed by atoms with E-state index in [9.17, 15) is 17.6 Å². The Hall–Kier alpha value is -2.49. The van der Waals surface area contributed by atoms with Crippen molar-refractivity contribution in [2.75, 3.05) is 6.61 Å². The second kappa shape index (κ2) is 7.26. The fourth-order valence-electron chi connectivity index (χ4n) is 2.89. The van der Waals surface area contributed by atoms with Crippen molar-refractivity contribution < 1.29 is 27.5 Å². The molecule has 0 fully saturated rings. The molecule has 3 rings (SSSR count). The van der Waals surface area contributed by atoms with Crippen LogP contribution in [0.5, 0.6) is 0 Å². The number of hydrogen-bond donors (Lipinski definition) is 2. The predicted octanol–water partition coefficient (Wildman–Crippen LogP) is 2.74. The minimum atomic E-state index is -3.88. The number of rotatable bonds is 5. The molecule has 1 aliphatic rings. The van der Waals surface area contributed by atoms with Gasteiger partial charge in [-0.15, -0.1) is 0 Å². The minimum Gasteiger partial charge on any atom is -0.481 e. The average Bonchev–Trinajstić information content (AvgIpc) is 3.03. The molecule has 0 saturated heterocycles. The summed E-state index contributed by atoms with van der Waals surface area (Å²) in [5.74, 6) is -2.26. The first-order valence-electron chi connectivity index (χ1n) is 7.70. The highest BCUT2D eigenvalue weighted by Crippen LogP contribution is 2.39. The van der Waals surface area contributed by atoms with E-state index in [2.05, 4.69) is 5.16 Å². The number of nitrogens with two attached hydrogens (primary N) is 1. The Morgan fingerprint density at radius 1 is 1.30 bits per heavy atom. The van der Waals surface area contributed by atoms with Crippen LogP contribution in [0.3, 0.4) is 0 Å². The largest absolute Gasteiger partial charge is 0.481 e. The van der Waals surface area contributed by atoms with Gasteiger partial charge >= 0.3 is 5.97 Å². The Kier molecular flexibility index (Phi) is 5.18. The molecular weight excluding hydrogens is 399 g/mol. The molecule has 1 aliphatic heterocycles. The van der Waals surface area contributed by atoms with E-state index in [0.29, 0.717) is 16.7 Å². The van der Waals surface area contributed by atoms with E-state index >= 15 is 0 Å². The molecule has 1 unspecified atom stereocenters. The van der Waals surface area contributed by atoms with Crippen molar-refractivity contribution in [1.29, 1.82) is 0 Å². The van der Waals surface area contributed by atoms with E-state index < -0.39 is 27.7 Å². The van der Waals surface area contributed by atoms with E-state index in [1.165, 1.54) is 36.4 Å². The lowest BCUT2D eigenvalue weighted by Crippen LogP contribution is -2.16. The number of oxime groups is 1. The van der Waals surface area contributed by atoms with Crippen LogP contribution in [0.1, 0.15) is 17.9 Å². The zero-order valence-corrected chi connectivity index (χ0v) is 15.3. The summed E-state index contributed by atoms with van der Waals surface area (Å²) in [7, 11) is -3.88. The fourth-order valence-corrected chi connectivity index (χ4v) is 3.69. The summed E-state index contributed by atoms with van der Waals surface area (Å²) in [5.41, 5.74) is 1.57. The minimum absolute atomic E-state index is 0.0901. The number of carbonyl (C=O) groups is 1. The topological polar surface area (TPSA) is 119 Å². The molecule has 10 heteroatoms. The molecule has 0 spiro atoms. The van der Waals surface area contributed by atoms with Gasteiger partial charge in [-0.2, -0.15) is 0 Å². The van der Waals surface area contributed by atoms with E-state index in [0.717, 1.165) is 0 Å². The number of hydrogen-bond acceptors (Lipinski definition) is 5. The summed E-state index contributed by atoms with van der Waals surface area (Å²) in [6.45, 7) is 0.0901. The Balaban J connectivity index is 2.12. The van der Waals surface area contributed by atoms with Crippen molar-refractivity contribution in [3.63, 3.8) is 0 Å². The van der Waals surface area contributed by atoms with Gasteiger partial charge in [0, 0.05) is 5.56 Å². The Morgan fingerprint density at radius 2 is 1.96 bits per heavy atom. The zero-order valence-electron chi connectivity index (χ0n) is 13.7. The van der Waals surface area contributed by atoms with Crippen LogP contribution in [-0.4, -0.2) is 31.8 Å². The van der Waals surface area contributed by atoms with Crippen molar-refractivity contribution in [2.24, 2.45) is 10.3 Å². The predicted molar refractivity (Wildman–Crippen MR) is 96.6 cm³/mol. The van der Waals surface area contributed by atoms with E-state index in [1.807, 2.05) is 0 Å².